The van der Waals surface area contributed by atoms with Gasteiger partial charge in [-0.15, -0.1) is 4.91 Å². The van der Waals surface area contributed by atoms with Crippen LogP contribution < -0.4 is 16.6 Å². The van der Waals surface area contributed by atoms with Gasteiger partial charge in [0.25, 0.3) is 5.56 Å². The second-order valence-corrected chi connectivity index (χ2v) is 4.27. The molecule has 7 heteroatoms. The predicted octanol–water partition coefficient (Wildman–Crippen LogP) is 1.13. The van der Waals surface area contributed by atoms with E-state index < -0.39 is 11.2 Å². The first-order valence-electron chi connectivity index (χ1n) is 6.08. The molecule has 1 heterocycles. The fraction of sp³-hybridized carbons (Fsp3) is 0.231. The Labute approximate surface area is 114 Å². The third-order valence-corrected chi connectivity index (χ3v) is 2.93. The van der Waals surface area contributed by atoms with Crippen molar-refractivity contribution in [3.8, 4) is 0 Å². The molecular weight excluding hydrogens is 260 g/mol. The lowest BCUT2D eigenvalue weighted by Gasteiger charge is -2.08. The van der Waals surface area contributed by atoms with E-state index in [1.807, 2.05) is 30.3 Å². The molecule has 0 spiro atoms. The minimum Gasteiger partial charge on any atom is -0.369 e. The normalized spacial score (nSPS) is 10.2. The number of aromatic amines is 1. The predicted molar refractivity (Wildman–Crippen MR) is 76.4 cm³/mol. The summed E-state index contributed by atoms with van der Waals surface area (Å²) >= 11 is 0. The van der Waals surface area contributed by atoms with Crippen molar-refractivity contribution in [2.45, 2.75) is 6.42 Å². The van der Waals surface area contributed by atoms with Crippen molar-refractivity contribution in [2.75, 3.05) is 11.9 Å². The number of nitrogens with zero attached hydrogens (tertiary/aromatic N) is 2. The summed E-state index contributed by atoms with van der Waals surface area (Å²) in [4.78, 5) is 36.3. The molecule has 0 atom stereocenters. The van der Waals surface area contributed by atoms with Crippen LogP contribution in [-0.2, 0) is 13.5 Å². The van der Waals surface area contributed by atoms with E-state index in [0.29, 0.717) is 13.0 Å². The van der Waals surface area contributed by atoms with E-state index in [1.165, 1.54) is 7.05 Å². The lowest BCUT2D eigenvalue weighted by atomic mass is 10.1. The summed E-state index contributed by atoms with van der Waals surface area (Å²) in [7, 11) is 1.28. The third kappa shape index (κ3) is 2.82. The Bertz CT molecular complexity index is 719. The van der Waals surface area contributed by atoms with E-state index >= 15 is 0 Å². The third-order valence-electron chi connectivity index (χ3n) is 2.93. The summed E-state index contributed by atoms with van der Waals surface area (Å²) in [6, 6.07) is 9.70. The molecular formula is C13H14N4O3. The van der Waals surface area contributed by atoms with Gasteiger partial charge in [-0.05, 0) is 17.2 Å². The monoisotopic (exact) mass is 274 g/mol. The number of hydrogen-bond acceptors (Lipinski definition) is 5. The number of nitroso groups, excluding NO2 is 1. The summed E-state index contributed by atoms with van der Waals surface area (Å²) in [5, 5.41) is 5.54. The molecule has 0 aliphatic heterocycles. The Balaban J connectivity index is 2.16. The first-order chi connectivity index (χ1) is 9.63. The Morgan fingerprint density at radius 1 is 1.25 bits per heavy atom. The average molecular weight is 274 g/mol. The molecule has 0 aliphatic carbocycles. The highest BCUT2D eigenvalue weighted by atomic mass is 16.3. The summed E-state index contributed by atoms with van der Waals surface area (Å²) in [5.74, 6) is 0.0593. The number of aromatic nitrogens is 2. The van der Waals surface area contributed by atoms with Crippen molar-refractivity contribution in [2.24, 2.45) is 12.2 Å². The number of anilines is 1. The van der Waals surface area contributed by atoms with Gasteiger partial charge in [-0.25, -0.2) is 4.79 Å². The minimum absolute atomic E-state index is 0.0593. The maximum absolute atomic E-state index is 11.7. The van der Waals surface area contributed by atoms with Crippen LogP contribution in [0.3, 0.4) is 0 Å². The van der Waals surface area contributed by atoms with Gasteiger partial charge in [0, 0.05) is 13.6 Å². The standard InChI is InChI=1S/C13H14N4O3/c1-17-12(18)10(16-20)11(15-13(17)19)14-8-7-9-5-3-2-4-6-9/h2-6,14H,7-8H2,1H3,(H,15,19). The van der Waals surface area contributed by atoms with Gasteiger partial charge in [0.05, 0.1) is 0 Å². The van der Waals surface area contributed by atoms with Gasteiger partial charge < -0.3 is 5.32 Å². The van der Waals surface area contributed by atoms with Crippen molar-refractivity contribution >= 4 is 11.5 Å². The lowest BCUT2D eigenvalue weighted by Crippen LogP contribution is -2.33. The molecule has 0 saturated heterocycles. The first kappa shape index (κ1) is 13.7. The molecule has 2 rings (SSSR count). The number of H-pyrrole nitrogens is 1. The van der Waals surface area contributed by atoms with E-state index in [9.17, 15) is 14.5 Å². The van der Waals surface area contributed by atoms with Crippen LogP contribution in [-0.4, -0.2) is 16.1 Å². The molecule has 1 aromatic heterocycles. The summed E-state index contributed by atoms with van der Waals surface area (Å²) in [6.45, 7) is 0.468. The second-order valence-electron chi connectivity index (χ2n) is 4.27. The first-order valence-corrected chi connectivity index (χ1v) is 6.08. The van der Waals surface area contributed by atoms with Gasteiger partial charge in [-0.1, -0.05) is 30.3 Å². The quantitative estimate of drug-likeness (QED) is 0.799. The fourth-order valence-corrected chi connectivity index (χ4v) is 1.80. The van der Waals surface area contributed by atoms with Crippen molar-refractivity contribution in [1.82, 2.24) is 9.55 Å². The van der Waals surface area contributed by atoms with Crippen molar-refractivity contribution < 1.29 is 0 Å². The Morgan fingerprint density at radius 2 is 1.95 bits per heavy atom. The zero-order valence-corrected chi connectivity index (χ0v) is 10.9. The number of benzene rings is 1. The molecule has 0 amide bonds. The van der Waals surface area contributed by atoms with E-state index in [4.69, 9.17) is 0 Å². The highest BCUT2D eigenvalue weighted by Gasteiger charge is 2.12. The minimum atomic E-state index is -0.717. The zero-order chi connectivity index (χ0) is 14.5. The van der Waals surface area contributed by atoms with E-state index in [1.54, 1.807) is 0 Å². The Hall–Kier alpha value is -2.70. The Kier molecular flexibility index (Phi) is 4.09. The molecule has 0 saturated carbocycles. The molecule has 0 fully saturated rings. The number of hydrogen-bond donors (Lipinski definition) is 2. The molecule has 1 aromatic carbocycles. The maximum atomic E-state index is 11.7. The van der Waals surface area contributed by atoms with Crippen LogP contribution in [0.25, 0.3) is 0 Å². The molecule has 7 nitrogen and oxygen atoms in total. The Morgan fingerprint density at radius 3 is 2.60 bits per heavy atom. The largest absolute Gasteiger partial charge is 0.369 e. The van der Waals surface area contributed by atoms with Gasteiger partial charge in [-0.3, -0.25) is 14.3 Å². The highest BCUT2D eigenvalue weighted by Crippen LogP contribution is 2.14. The van der Waals surface area contributed by atoms with E-state index in [-0.39, 0.29) is 11.5 Å². The van der Waals surface area contributed by atoms with Gasteiger partial charge in [0.15, 0.2) is 0 Å². The van der Waals surface area contributed by atoms with Gasteiger partial charge in [0.2, 0.25) is 5.69 Å². The lowest BCUT2D eigenvalue weighted by molar-refractivity contribution is 0.776. The SMILES string of the molecule is Cn1c(=O)[nH]c(NCCc2ccccc2)c(N=O)c1=O. The topological polar surface area (TPSA) is 96.3 Å². The number of rotatable bonds is 5. The van der Waals surface area contributed by atoms with Gasteiger partial charge in [0.1, 0.15) is 5.82 Å². The van der Waals surface area contributed by atoms with Crippen LogP contribution in [0.4, 0.5) is 11.5 Å². The van der Waals surface area contributed by atoms with Crippen LogP contribution in [0.15, 0.2) is 45.1 Å². The van der Waals surface area contributed by atoms with Crippen LogP contribution >= 0.6 is 0 Å². The smallest absolute Gasteiger partial charge is 0.329 e. The van der Waals surface area contributed by atoms with Gasteiger partial charge >= 0.3 is 5.69 Å². The van der Waals surface area contributed by atoms with Crippen molar-refractivity contribution in [3.63, 3.8) is 0 Å². The van der Waals surface area contributed by atoms with Gasteiger partial charge in [-0.2, -0.15) is 0 Å². The van der Waals surface area contributed by atoms with E-state index in [2.05, 4.69) is 15.5 Å². The molecule has 2 aromatic rings. The molecule has 0 bridgehead atoms. The zero-order valence-electron chi connectivity index (χ0n) is 10.9. The fourth-order valence-electron chi connectivity index (χ4n) is 1.80. The molecule has 2 N–H and O–H groups in total. The van der Waals surface area contributed by atoms with Crippen LogP contribution in [0, 0.1) is 4.91 Å². The average Bonchev–Trinajstić information content (AvgIpc) is 2.46. The van der Waals surface area contributed by atoms with Crippen LogP contribution in [0.2, 0.25) is 0 Å². The molecule has 0 unspecified atom stereocenters. The van der Waals surface area contributed by atoms with Crippen LogP contribution in [0.5, 0.6) is 0 Å². The van der Waals surface area contributed by atoms with E-state index in [0.717, 1.165) is 10.1 Å². The summed E-state index contributed by atoms with van der Waals surface area (Å²) < 4.78 is 0.805. The highest BCUT2D eigenvalue weighted by molar-refractivity contribution is 5.58. The molecule has 0 radical (unpaired) electrons. The van der Waals surface area contributed by atoms with Crippen molar-refractivity contribution in [3.05, 3.63) is 61.6 Å². The molecule has 104 valence electrons. The van der Waals surface area contributed by atoms with Crippen LogP contribution in [0.1, 0.15) is 5.56 Å². The summed E-state index contributed by atoms with van der Waals surface area (Å²) in [5.41, 5.74) is -0.525. The summed E-state index contributed by atoms with van der Waals surface area (Å²) in [6.07, 6.45) is 0.691. The molecule has 0 aliphatic rings. The second kappa shape index (κ2) is 5.96. The number of nitrogens with one attached hydrogen (secondary N) is 2. The van der Waals surface area contributed by atoms with Crippen molar-refractivity contribution in [1.29, 1.82) is 0 Å². The molecule has 20 heavy (non-hydrogen) atoms. The maximum Gasteiger partial charge on any atom is 0.329 e.